The van der Waals surface area contributed by atoms with Gasteiger partial charge in [-0.2, -0.15) is 0 Å². The van der Waals surface area contributed by atoms with E-state index in [4.69, 9.17) is 16.3 Å². The largest absolute Gasteiger partial charge is 0.376 e. The summed E-state index contributed by atoms with van der Waals surface area (Å²) in [6.07, 6.45) is 1.37. The Bertz CT molecular complexity index is 153. The van der Waals surface area contributed by atoms with E-state index in [1.807, 2.05) is 0 Å². The summed E-state index contributed by atoms with van der Waals surface area (Å²) >= 11 is 5.64. The highest BCUT2D eigenvalue weighted by Crippen LogP contribution is 2.32. The van der Waals surface area contributed by atoms with Gasteiger partial charge in [-0.1, -0.05) is 41.5 Å². The zero-order valence-corrected chi connectivity index (χ0v) is 11.2. The number of rotatable bonds is 4. The average Bonchev–Trinajstić information content (AvgIpc) is 1.93. The van der Waals surface area contributed by atoms with E-state index in [1.165, 1.54) is 0 Å². The molecule has 1 unspecified atom stereocenters. The van der Waals surface area contributed by atoms with Crippen molar-refractivity contribution in [3.05, 3.63) is 0 Å². The topological polar surface area (TPSA) is 9.23 Å². The lowest BCUT2D eigenvalue weighted by Crippen LogP contribution is -2.33. The lowest BCUT2D eigenvalue weighted by molar-refractivity contribution is -0.0338. The Morgan fingerprint density at radius 1 is 1.07 bits per heavy atom. The molecule has 0 aromatic rings. The average molecular weight is 221 g/mol. The Hall–Kier alpha value is 0.250. The van der Waals surface area contributed by atoms with Crippen molar-refractivity contribution in [2.24, 2.45) is 10.8 Å². The van der Waals surface area contributed by atoms with E-state index in [9.17, 15) is 0 Å². The van der Waals surface area contributed by atoms with Crippen LogP contribution < -0.4 is 0 Å². The quantitative estimate of drug-likeness (QED) is 0.649. The zero-order valence-electron chi connectivity index (χ0n) is 10.5. The molecule has 0 rings (SSSR count). The van der Waals surface area contributed by atoms with Crippen LogP contribution in [0, 0.1) is 10.8 Å². The predicted octanol–water partition coefficient (Wildman–Crippen LogP) is 4.09. The molecule has 0 spiro atoms. The molecule has 0 fully saturated rings. The van der Waals surface area contributed by atoms with Gasteiger partial charge in [0.15, 0.2) is 0 Å². The van der Waals surface area contributed by atoms with Crippen molar-refractivity contribution in [2.45, 2.75) is 54.1 Å². The molecule has 0 aliphatic carbocycles. The minimum absolute atomic E-state index is 0.194. The molecule has 0 aromatic carbocycles. The molecule has 0 saturated heterocycles. The minimum Gasteiger partial charge on any atom is -0.376 e. The van der Waals surface area contributed by atoms with Gasteiger partial charge in [-0.3, -0.25) is 0 Å². The lowest BCUT2D eigenvalue weighted by atomic mass is 9.78. The van der Waals surface area contributed by atoms with Gasteiger partial charge in [0.1, 0.15) is 0 Å². The molecule has 0 aromatic heterocycles. The summed E-state index contributed by atoms with van der Waals surface area (Å²) in [5.74, 6) is 0.580. The smallest absolute Gasteiger partial charge is 0.0628 e. The van der Waals surface area contributed by atoms with Crippen molar-refractivity contribution >= 4 is 11.6 Å². The van der Waals surface area contributed by atoms with E-state index in [1.54, 1.807) is 0 Å². The highest BCUT2D eigenvalue weighted by molar-refractivity contribution is 6.17. The number of halogens is 1. The van der Waals surface area contributed by atoms with Crippen LogP contribution in [0.1, 0.15) is 48.0 Å². The molecule has 14 heavy (non-hydrogen) atoms. The third-order valence-corrected chi connectivity index (χ3v) is 2.31. The van der Waals surface area contributed by atoms with Gasteiger partial charge in [-0.25, -0.2) is 0 Å². The van der Waals surface area contributed by atoms with Gasteiger partial charge in [-0.15, -0.1) is 11.6 Å². The van der Waals surface area contributed by atoms with Crippen LogP contribution in [0.15, 0.2) is 0 Å². The van der Waals surface area contributed by atoms with Crippen LogP contribution in [-0.4, -0.2) is 18.6 Å². The van der Waals surface area contributed by atoms with Gasteiger partial charge in [0.25, 0.3) is 0 Å². The first-order valence-electron chi connectivity index (χ1n) is 5.34. The van der Waals surface area contributed by atoms with Crippen LogP contribution in [0.2, 0.25) is 0 Å². The number of alkyl halides is 1. The van der Waals surface area contributed by atoms with Crippen LogP contribution in [0.4, 0.5) is 0 Å². The van der Waals surface area contributed by atoms with E-state index in [2.05, 4.69) is 41.5 Å². The number of ether oxygens (including phenoxy) is 1. The second-order valence-electron chi connectivity index (χ2n) is 6.18. The maximum atomic E-state index is 5.80. The highest BCUT2D eigenvalue weighted by Gasteiger charge is 2.29. The molecular weight excluding hydrogens is 196 g/mol. The van der Waals surface area contributed by atoms with E-state index in [0.29, 0.717) is 24.0 Å². The van der Waals surface area contributed by atoms with Crippen molar-refractivity contribution in [1.29, 1.82) is 0 Å². The molecule has 0 aliphatic rings. The van der Waals surface area contributed by atoms with E-state index in [-0.39, 0.29) is 5.41 Å². The fourth-order valence-electron chi connectivity index (χ4n) is 1.36. The summed E-state index contributed by atoms with van der Waals surface area (Å²) in [4.78, 5) is 0. The molecule has 0 bridgehead atoms. The first kappa shape index (κ1) is 14.2. The molecule has 0 aliphatic heterocycles. The monoisotopic (exact) mass is 220 g/mol. The van der Waals surface area contributed by atoms with Crippen LogP contribution >= 0.6 is 11.6 Å². The summed E-state index contributed by atoms with van der Waals surface area (Å²) < 4.78 is 5.80. The van der Waals surface area contributed by atoms with Gasteiger partial charge in [0.05, 0.1) is 12.7 Å². The molecule has 0 saturated carbocycles. The van der Waals surface area contributed by atoms with Gasteiger partial charge in [-0.05, 0) is 17.3 Å². The van der Waals surface area contributed by atoms with Crippen LogP contribution in [-0.2, 0) is 4.74 Å². The molecule has 1 atom stereocenters. The molecular formula is C12H25ClO. The van der Waals surface area contributed by atoms with Crippen LogP contribution in [0.25, 0.3) is 0 Å². The van der Waals surface area contributed by atoms with Crippen molar-refractivity contribution < 1.29 is 4.74 Å². The van der Waals surface area contributed by atoms with Crippen molar-refractivity contribution in [2.75, 3.05) is 12.5 Å². The Morgan fingerprint density at radius 2 is 1.57 bits per heavy atom. The van der Waals surface area contributed by atoms with Crippen molar-refractivity contribution in [3.8, 4) is 0 Å². The second-order valence-corrected chi connectivity index (χ2v) is 6.56. The summed E-state index contributed by atoms with van der Waals surface area (Å²) in [7, 11) is 0. The van der Waals surface area contributed by atoms with E-state index in [0.717, 1.165) is 6.42 Å². The predicted molar refractivity (Wildman–Crippen MR) is 64.0 cm³/mol. The van der Waals surface area contributed by atoms with Crippen molar-refractivity contribution in [1.82, 2.24) is 0 Å². The molecule has 0 heterocycles. The van der Waals surface area contributed by atoms with Gasteiger partial charge < -0.3 is 4.74 Å². The maximum absolute atomic E-state index is 5.80. The second kappa shape index (κ2) is 5.37. The normalized spacial score (nSPS) is 15.6. The fraction of sp³-hybridized carbons (Fsp3) is 1.00. The van der Waals surface area contributed by atoms with Gasteiger partial charge in [0.2, 0.25) is 0 Å². The molecule has 1 nitrogen and oxygen atoms in total. The third kappa shape index (κ3) is 6.67. The molecule has 0 amide bonds. The van der Waals surface area contributed by atoms with E-state index < -0.39 is 0 Å². The number of hydrogen-bond donors (Lipinski definition) is 0. The number of hydrogen-bond acceptors (Lipinski definition) is 1. The highest BCUT2D eigenvalue weighted by atomic mass is 35.5. The van der Waals surface area contributed by atoms with Crippen LogP contribution in [0.3, 0.4) is 0 Å². The van der Waals surface area contributed by atoms with Crippen LogP contribution in [0.5, 0.6) is 0 Å². The Kier molecular flexibility index (Phi) is 5.46. The summed E-state index contributed by atoms with van der Waals surface area (Å²) in [6.45, 7) is 14.0. The zero-order chi connectivity index (χ0) is 11.4. The molecule has 2 heteroatoms. The molecule has 0 N–H and O–H groups in total. The first-order valence-corrected chi connectivity index (χ1v) is 5.88. The minimum atomic E-state index is 0.194. The lowest BCUT2D eigenvalue weighted by Gasteiger charge is -2.35. The Morgan fingerprint density at radius 3 is 1.86 bits per heavy atom. The molecule has 86 valence electrons. The summed E-state index contributed by atoms with van der Waals surface area (Å²) in [6, 6.07) is 0. The molecule has 0 radical (unpaired) electrons. The summed E-state index contributed by atoms with van der Waals surface area (Å²) in [5.41, 5.74) is 0.504. The Labute approximate surface area is 94.2 Å². The fourth-order valence-corrected chi connectivity index (χ4v) is 1.45. The van der Waals surface area contributed by atoms with Crippen molar-refractivity contribution in [3.63, 3.8) is 0 Å². The third-order valence-electron chi connectivity index (χ3n) is 2.16. The SMILES string of the molecule is CC(C)(C)CC(OCCCl)C(C)(C)C. The standard InChI is InChI=1S/C12H25ClO/c1-11(2,3)9-10(12(4,5)6)14-8-7-13/h10H,7-9H2,1-6H3. The van der Waals surface area contributed by atoms with Gasteiger partial charge in [0, 0.05) is 5.88 Å². The summed E-state index contributed by atoms with van der Waals surface area (Å²) in [5, 5.41) is 0. The Balaban J connectivity index is 4.26. The first-order chi connectivity index (χ1) is 6.17. The van der Waals surface area contributed by atoms with E-state index >= 15 is 0 Å². The maximum Gasteiger partial charge on any atom is 0.0628 e. The van der Waals surface area contributed by atoms with Gasteiger partial charge >= 0.3 is 0 Å².